The number of nitrogens with zero attached hydrogens (tertiary/aromatic N) is 2. The molecule has 0 aliphatic rings. The molecule has 3 aromatic rings. The summed E-state index contributed by atoms with van der Waals surface area (Å²) in [6.07, 6.45) is 5.68. The van der Waals surface area contributed by atoms with Gasteiger partial charge in [0.05, 0.1) is 12.3 Å². The Morgan fingerprint density at radius 2 is 1.68 bits per heavy atom. The Bertz CT molecular complexity index is 1220. The van der Waals surface area contributed by atoms with E-state index in [1.54, 1.807) is 32.9 Å². The molecule has 0 N–H and O–H groups in total. The topological polar surface area (TPSA) is 70.4 Å². The van der Waals surface area contributed by atoms with Gasteiger partial charge >= 0.3 is 5.97 Å². The second kappa shape index (κ2) is 13.4. The number of hydrogen-bond donors (Lipinski definition) is 0. The molecular formula is C32H42N2O4. The van der Waals surface area contributed by atoms with Crippen LogP contribution < -0.4 is 4.74 Å². The first kappa shape index (κ1) is 29.2. The van der Waals surface area contributed by atoms with Gasteiger partial charge in [0.25, 0.3) is 0 Å². The highest BCUT2D eigenvalue weighted by atomic mass is 16.6. The Labute approximate surface area is 227 Å². The molecule has 0 amide bonds. The molecule has 0 unspecified atom stereocenters. The van der Waals surface area contributed by atoms with E-state index in [-0.39, 0.29) is 5.78 Å². The number of aryl methyl sites for hydroxylation is 4. The number of aromatic nitrogens is 2. The molecular weight excluding hydrogens is 476 g/mol. The number of Topliss-reactive ketones (excluding diaryl/α,β-unsaturated/α-hetero) is 1. The van der Waals surface area contributed by atoms with Gasteiger partial charge in [0.2, 0.25) is 0 Å². The first-order valence-corrected chi connectivity index (χ1v) is 13.8. The number of carbonyl (C=O) groups excluding carboxylic acids is 2. The number of rotatable bonds is 14. The van der Waals surface area contributed by atoms with Crippen LogP contribution in [0.25, 0.3) is 11.3 Å². The number of unbranched alkanes of at least 4 members (excludes halogenated alkanes) is 3. The zero-order chi connectivity index (χ0) is 27.7. The molecule has 1 heterocycles. The zero-order valence-electron chi connectivity index (χ0n) is 23.8. The average molecular weight is 519 g/mol. The third-order valence-corrected chi connectivity index (χ3v) is 6.67. The van der Waals surface area contributed by atoms with Gasteiger partial charge in [-0.25, -0.2) is 4.79 Å². The second-order valence-corrected chi connectivity index (χ2v) is 10.4. The van der Waals surface area contributed by atoms with E-state index in [1.165, 1.54) is 24.8 Å². The summed E-state index contributed by atoms with van der Waals surface area (Å²) in [6, 6.07) is 15.9. The SMILES string of the molecule is CCCCCCn1nc(-c2ccc(C)cc2)cc1CCC(=O)c1ccc(OC(C)(C)C(=O)OCC)c(C)c1. The number of hydrogen-bond acceptors (Lipinski definition) is 5. The Kier molecular flexibility index (Phi) is 10.3. The van der Waals surface area contributed by atoms with E-state index in [4.69, 9.17) is 14.6 Å². The van der Waals surface area contributed by atoms with Gasteiger partial charge in [0.15, 0.2) is 11.4 Å². The van der Waals surface area contributed by atoms with Crippen LogP contribution in [-0.2, 0) is 22.5 Å². The summed E-state index contributed by atoms with van der Waals surface area (Å²) in [7, 11) is 0. The monoisotopic (exact) mass is 518 g/mol. The average Bonchev–Trinajstić information content (AvgIpc) is 3.29. The molecule has 0 radical (unpaired) electrons. The number of benzene rings is 2. The van der Waals surface area contributed by atoms with Gasteiger partial charge in [-0.1, -0.05) is 56.0 Å². The summed E-state index contributed by atoms with van der Waals surface area (Å²) < 4.78 is 13.1. The molecule has 0 bridgehead atoms. The van der Waals surface area contributed by atoms with Crippen LogP contribution in [0.5, 0.6) is 5.75 Å². The predicted molar refractivity (Wildman–Crippen MR) is 152 cm³/mol. The molecule has 0 saturated heterocycles. The van der Waals surface area contributed by atoms with Crippen LogP contribution >= 0.6 is 0 Å². The van der Waals surface area contributed by atoms with Crippen molar-refractivity contribution < 1.29 is 19.1 Å². The lowest BCUT2D eigenvalue weighted by Gasteiger charge is -2.25. The molecule has 3 rings (SSSR count). The first-order chi connectivity index (χ1) is 18.1. The van der Waals surface area contributed by atoms with E-state index in [0.717, 1.165) is 35.5 Å². The van der Waals surface area contributed by atoms with Crippen molar-refractivity contribution >= 4 is 11.8 Å². The lowest BCUT2D eigenvalue weighted by molar-refractivity contribution is -0.158. The van der Waals surface area contributed by atoms with Crippen molar-refractivity contribution in [2.45, 2.75) is 92.2 Å². The van der Waals surface area contributed by atoms with Crippen LogP contribution in [0.3, 0.4) is 0 Å². The fraction of sp³-hybridized carbons (Fsp3) is 0.469. The van der Waals surface area contributed by atoms with Gasteiger partial charge in [0, 0.05) is 29.8 Å². The molecule has 1 aromatic heterocycles. The summed E-state index contributed by atoms with van der Waals surface area (Å²) in [5.74, 6) is 0.211. The van der Waals surface area contributed by atoms with Gasteiger partial charge in [-0.15, -0.1) is 0 Å². The summed E-state index contributed by atoms with van der Waals surface area (Å²) in [5, 5.41) is 4.90. The minimum atomic E-state index is -1.11. The molecule has 6 nitrogen and oxygen atoms in total. The van der Waals surface area contributed by atoms with Gasteiger partial charge < -0.3 is 9.47 Å². The largest absolute Gasteiger partial charge is 0.476 e. The van der Waals surface area contributed by atoms with Crippen LogP contribution in [0, 0.1) is 13.8 Å². The number of carbonyl (C=O) groups is 2. The lowest BCUT2D eigenvalue weighted by Crippen LogP contribution is -2.39. The first-order valence-electron chi connectivity index (χ1n) is 13.8. The molecule has 6 heteroatoms. The van der Waals surface area contributed by atoms with Crippen LogP contribution in [-0.4, -0.2) is 33.7 Å². The van der Waals surface area contributed by atoms with Crippen molar-refractivity contribution in [2.75, 3.05) is 6.61 Å². The van der Waals surface area contributed by atoms with E-state index in [9.17, 15) is 9.59 Å². The highest BCUT2D eigenvalue weighted by Crippen LogP contribution is 2.26. The minimum absolute atomic E-state index is 0.0694. The highest BCUT2D eigenvalue weighted by Gasteiger charge is 2.32. The third-order valence-electron chi connectivity index (χ3n) is 6.67. The van der Waals surface area contributed by atoms with Crippen LogP contribution in [0.2, 0.25) is 0 Å². The van der Waals surface area contributed by atoms with E-state index in [1.807, 2.05) is 13.0 Å². The van der Waals surface area contributed by atoms with Crippen molar-refractivity contribution in [3.05, 3.63) is 70.9 Å². The maximum absolute atomic E-state index is 13.1. The standard InChI is InChI=1S/C32H42N2O4/c1-7-9-10-11-20-34-27(22-28(33-34)25-14-12-23(3)13-15-25)17-18-29(35)26-16-19-30(24(4)21-26)38-32(5,6)31(36)37-8-2/h12-16,19,21-22H,7-11,17-18,20H2,1-6H3. The van der Waals surface area contributed by atoms with Gasteiger partial charge in [-0.3, -0.25) is 9.48 Å². The minimum Gasteiger partial charge on any atom is -0.476 e. The fourth-order valence-electron chi connectivity index (χ4n) is 4.35. The summed E-state index contributed by atoms with van der Waals surface area (Å²) in [5.41, 5.74) is 4.66. The third kappa shape index (κ3) is 7.80. The van der Waals surface area contributed by atoms with Crippen molar-refractivity contribution in [1.29, 1.82) is 0 Å². The van der Waals surface area contributed by atoms with Crippen LogP contribution in [0.1, 0.15) is 87.0 Å². The molecule has 0 saturated carbocycles. The molecule has 0 atom stereocenters. The maximum atomic E-state index is 13.1. The Hall–Kier alpha value is -3.41. The Morgan fingerprint density at radius 3 is 2.34 bits per heavy atom. The predicted octanol–water partition coefficient (Wildman–Crippen LogP) is 7.28. The molecule has 0 aliphatic carbocycles. The smallest absolute Gasteiger partial charge is 0.349 e. The lowest BCUT2D eigenvalue weighted by atomic mass is 10.0. The zero-order valence-corrected chi connectivity index (χ0v) is 23.8. The Morgan fingerprint density at radius 1 is 0.947 bits per heavy atom. The maximum Gasteiger partial charge on any atom is 0.349 e. The molecule has 2 aromatic carbocycles. The fourth-order valence-corrected chi connectivity index (χ4v) is 4.35. The van der Waals surface area contributed by atoms with Crippen molar-refractivity contribution in [3.63, 3.8) is 0 Å². The molecule has 38 heavy (non-hydrogen) atoms. The summed E-state index contributed by atoms with van der Waals surface area (Å²) >= 11 is 0. The van der Waals surface area contributed by atoms with Crippen molar-refractivity contribution in [2.24, 2.45) is 0 Å². The highest BCUT2D eigenvalue weighted by molar-refractivity contribution is 5.96. The summed E-state index contributed by atoms with van der Waals surface area (Å²) in [6.45, 7) is 12.4. The Balaban J connectivity index is 1.71. The number of ketones is 1. The van der Waals surface area contributed by atoms with E-state index >= 15 is 0 Å². The van der Waals surface area contributed by atoms with Gasteiger partial charge in [0.1, 0.15) is 5.75 Å². The van der Waals surface area contributed by atoms with Crippen molar-refractivity contribution in [3.8, 4) is 17.0 Å². The summed E-state index contributed by atoms with van der Waals surface area (Å²) in [4.78, 5) is 25.3. The van der Waals surface area contributed by atoms with Crippen LogP contribution in [0.15, 0.2) is 48.5 Å². The quantitative estimate of drug-likeness (QED) is 0.127. The molecule has 0 fully saturated rings. The van der Waals surface area contributed by atoms with Crippen molar-refractivity contribution in [1.82, 2.24) is 9.78 Å². The van der Waals surface area contributed by atoms with E-state index in [0.29, 0.717) is 30.8 Å². The number of esters is 1. The molecule has 204 valence electrons. The van der Waals surface area contributed by atoms with E-state index in [2.05, 4.69) is 48.9 Å². The van der Waals surface area contributed by atoms with Crippen LogP contribution in [0.4, 0.5) is 0 Å². The second-order valence-electron chi connectivity index (χ2n) is 10.4. The number of ether oxygens (including phenoxy) is 2. The van der Waals surface area contributed by atoms with E-state index < -0.39 is 11.6 Å². The normalized spacial score (nSPS) is 11.4. The molecule has 0 spiro atoms. The van der Waals surface area contributed by atoms with Gasteiger partial charge in [-0.05, 0) is 77.3 Å². The molecule has 0 aliphatic heterocycles. The van der Waals surface area contributed by atoms with Gasteiger partial charge in [-0.2, -0.15) is 5.10 Å².